The molecule has 4 aromatic heterocycles. The van der Waals surface area contributed by atoms with Crippen LogP contribution in [0.2, 0.25) is 0 Å². The fourth-order valence-electron chi connectivity index (χ4n) is 10.4. The van der Waals surface area contributed by atoms with Crippen molar-refractivity contribution in [2.24, 2.45) is 0 Å². The minimum Gasteiger partial charge on any atom is -0.468 e. The number of ether oxygens (including phenoxy) is 1. The van der Waals surface area contributed by atoms with E-state index in [-0.39, 0.29) is 81.1 Å². The van der Waals surface area contributed by atoms with E-state index in [1.165, 1.54) is 54.1 Å². The summed E-state index contributed by atoms with van der Waals surface area (Å²) in [6.07, 6.45) is 7.79. The number of nitrogens with zero attached hydrogens (tertiary/aromatic N) is 8. The van der Waals surface area contributed by atoms with Crippen LogP contribution in [-0.2, 0) is 51.5 Å². The molecule has 3 aromatic carbocycles. The predicted octanol–water partition coefficient (Wildman–Crippen LogP) is 8.91. The first-order chi connectivity index (χ1) is 42.1. The lowest BCUT2D eigenvalue weighted by molar-refractivity contribution is -0.141. The number of aromatic nitrogens is 7. The average molecular weight is 1260 g/mol. The van der Waals surface area contributed by atoms with Crippen molar-refractivity contribution in [2.45, 2.75) is 122 Å². The lowest BCUT2D eigenvalue weighted by atomic mass is 9.97. The highest BCUT2D eigenvalue weighted by atomic mass is 32.2. The summed E-state index contributed by atoms with van der Waals surface area (Å²) in [5.41, 5.74) is 4.59. The van der Waals surface area contributed by atoms with Gasteiger partial charge in [0.05, 0.1) is 63.6 Å². The van der Waals surface area contributed by atoms with Crippen molar-refractivity contribution >= 4 is 90.3 Å². The number of fused-ring (bicyclic) bond motifs is 2. The second kappa shape index (κ2) is 30.0. The van der Waals surface area contributed by atoms with Crippen molar-refractivity contribution in [3.8, 4) is 33.0 Å². The van der Waals surface area contributed by atoms with Crippen molar-refractivity contribution in [3.63, 3.8) is 0 Å². The Kier molecular flexibility index (Phi) is 22.3. The molecule has 0 bridgehead atoms. The molecule has 1 saturated heterocycles. The van der Waals surface area contributed by atoms with Crippen molar-refractivity contribution in [3.05, 3.63) is 89.3 Å². The number of piperidine rings is 1. The summed E-state index contributed by atoms with van der Waals surface area (Å²) in [5.74, 6) is -5.04. The molecule has 6 N–H and O–H groups in total. The first-order valence-electron chi connectivity index (χ1n) is 29.0. The van der Waals surface area contributed by atoms with Crippen LogP contribution in [0.1, 0.15) is 125 Å². The Bertz CT molecular complexity index is 3790. The maximum atomic E-state index is 16.1. The van der Waals surface area contributed by atoms with Gasteiger partial charge in [-0.15, -0.1) is 11.3 Å². The molecule has 0 radical (unpaired) electrons. The Morgan fingerprint density at radius 2 is 1.47 bits per heavy atom. The SMILES string of the molecule is CCCS(=O)(=O)Nc1cccc(-c2nc(C3CCN(C(=O)CCCCCCCCCCCNC(=O)CCC(=O)n4ncc5cc(F)c(-c6cccc7c6c(C(F)(F)F)nn7CC(=O)NCC(=O)NCC(=O)OC)cc54)CC3)sc2-c2ccnc(N)n2)c1F. The molecule has 0 atom stereocenters. The number of halogens is 5. The number of nitrogens with one attached hydrogen (secondary N) is 4. The Morgan fingerprint density at radius 3 is 2.17 bits per heavy atom. The lowest BCUT2D eigenvalue weighted by Crippen LogP contribution is -2.40. The van der Waals surface area contributed by atoms with Gasteiger partial charge in [0.1, 0.15) is 18.9 Å². The highest BCUT2D eigenvalue weighted by molar-refractivity contribution is 7.92. The number of unbranched alkanes of at least 4 members (excludes halogenated alkanes) is 8. The minimum absolute atomic E-state index is 0.00423. The number of nitrogens with two attached hydrogens (primary N) is 1. The third-order valence-corrected chi connectivity index (χ3v) is 17.5. The molecule has 1 aliphatic heterocycles. The Balaban J connectivity index is 0.724. The molecule has 5 heterocycles. The van der Waals surface area contributed by atoms with E-state index in [1.54, 1.807) is 25.1 Å². The van der Waals surface area contributed by atoms with Crippen LogP contribution in [-0.4, -0.2) is 129 Å². The summed E-state index contributed by atoms with van der Waals surface area (Å²) in [6, 6.07) is 12.2. The Labute approximate surface area is 507 Å². The van der Waals surface area contributed by atoms with E-state index in [9.17, 15) is 50.4 Å². The normalized spacial score (nSPS) is 13.0. The van der Waals surface area contributed by atoms with Crippen LogP contribution in [0.3, 0.4) is 0 Å². The van der Waals surface area contributed by atoms with Crippen LogP contribution in [0.4, 0.5) is 33.6 Å². The van der Waals surface area contributed by atoms with Gasteiger partial charge in [0.15, 0.2) is 11.5 Å². The molecule has 7 aromatic rings. The number of benzene rings is 3. The van der Waals surface area contributed by atoms with Crippen LogP contribution in [0, 0.1) is 11.6 Å². The summed E-state index contributed by atoms with van der Waals surface area (Å²) in [7, 11) is -2.65. The van der Waals surface area contributed by atoms with Crippen LogP contribution >= 0.6 is 11.3 Å². The monoisotopic (exact) mass is 1260 g/mol. The molecule has 1 fully saturated rings. The number of carbonyl (C=O) groups excluding carboxylic acids is 6. The lowest BCUT2D eigenvalue weighted by Gasteiger charge is -2.31. The van der Waals surface area contributed by atoms with E-state index in [2.05, 4.69) is 45.6 Å². The van der Waals surface area contributed by atoms with Gasteiger partial charge in [0.2, 0.25) is 45.5 Å². The zero-order valence-corrected chi connectivity index (χ0v) is 50.2. The van der Waals surface area contributed by atoms with Crippen molar-refractivity contribution in [2.75, 3.05) is 56.0 Å². The quantitative estimate of drug-likeness (QED) is 0.0166. The topological polar surface area (TPSA) is 297 Å². The molecule has 4 amide bonds. The summed E-state index contributed by atoms with van der Waals surface area (Å²) in [6.45, 7) is 1.42. The van der Waals surface area contributed by atoms with E-state index in [0.29, 0.717) is 61.6 Å². The number of alkyl halides is 3. The van der Waals surface area contributed by atoms with Crippen LogP contribution < -0.4 is 26.4 Å². The molecule has 8 rings (SSSR count). The molecule has 22 nitrogen and oxygen atoms in total. The molecular weight excluding hydrogens is 1190 g/mol. The number of thiazole rings is 1. The Morgan fingerprint density at radius 1 is 0.773 bits per heavy atom. The van der Waals surface area contributed by atoms with Gasteiger partial charge in [0.25, 0.3) is 0 Å². The van der Waals surface area contributed by atoms with E-state index < -0.39 is 82.2 Å². The number of rotatable bonds is 29. The highest BCUT2D eigenvalue weighted by Gasteiger charge is 2.39. The smallest absolute Gasteiger partial charge is 0.435 e. The number of likely N-dealkylation sites (tertiary alicyclic amines) is 1. The second-order valence-corrected chi connectivity index (χ2v) is 24.1. The maximum absolute atomic E-state index is 16.1. The first kappa shape index (κ1) is 65.5. The second-order valence-electron chi connectivity index (χ2n) is 21.2. The van der Waals surface area contributed by atoms with Gasteiger partial charge >= 0.3 is 12.1 Å². The summed E-state index contributed by atoms with van der Waals surface area (Å²) in [4.78, 5) is 91.2. The van der Waals surface area contributed by atoms with Crippen molar-refractivity contribution in [1.29, 1.82) is 0 Å². The number of methoxy groups -OCH3 is 1. The highest BCUT2D eigenvalue weighted by Crippen LogP contribution is 2.44. The summed E-state index contributed by atoms with van der Waals surface area (Å²) in [5, 5.41) is 15.5. The van der Waals surface area contributed by atoms with Gasteiger partial charge in [-0.25, -0.2) is 36.8 Å². The van der Waals surface area contributed by atoms with E-state index in [0.717, 1.165) is 85.3 Å². The number of sulfonamides is 1. The number of hydrogen-bond donors (Lipinski definition) is 5. The van der Waals surface area contributed by atoms with Crippen LogP contribution in [0.15, 0.2) is 67.0 Å². The van der Waals surface area contributed by atoms with Gasteiger partial charge in [-0.3, -0.25) is 38.2 Å². The number of amides is 4. The maximum Gasteiger partial charge on any atom is 0.435 e. The number of esters is 1. The molecule has 0 spiro atoms. The van der Waals surface area contributed by atoms with Crippen LogP contribution in [0.25, 0.3) is 54.8 Å². The van der Waals surface area contributed by atoms with Gasteiger partial charge in [0, 0.05) is 72.9 Å². The third kappa shape index (κ3) is 17.0. The molecule has 29 heteroatoms. The number of anilines is 2. The van der Waals surface area contributed by atoms with Crippen LogP contribution in [0.5, 0.6) is 0 Å². The average Bonchev–Trinajstić information content (AvgIpc) is 3.97. The largest absolute Gasteiger partial charge is 0.468 e. The van der Waals surface area contributed by atoms with Gasteiger partial charge in [-0.2, -0.15) is 23.4 Å². The molecule has 0 aliphatic carbocycles. The van der Waals surface area contributed by atoms with Gasteiger partial charge in [-0.1, -0.05) is 70.1 Å². The third-order valence-electron chi connectivity index (χ3n) is 14.8. The van der Waals surface area contributed by atoms with E-state index >= 15 is 8.78 Å². The van der Waals surface area contributed by atoms with Gasteiger partial charge < -0.3 is 31.3 Å². The molecule has 470 valence electrons. The fourth-order valence-corrected chi connectivity index (χ4v) is 12.7. The standard InChI is InChI=1S/C59H68F5N13O9S2/c1-3-29-88(84,85)74-42-17-13-16-39(53(42)61)54-55(43-22-26-67-58(65)71-43)87-57(72-54)36-23-27-75(28-24-36)49(81)19-11-9-7-5-4-6-8-10-12-25-66-46(78)20-21-50(82)77-45-31-40(41(60)30-37(45)32-70-77)38-15-14-18-44-52(38)56(59(62,63)64)73-76(44)35-48(80)68-33-47(79)69-34-51(83)86-2/h13-18,22,26,30-32,36,74H,3-12,19-21,23-25,27-29,33-35H2,1-2H3,(H,66,78)(H,68,80)(H,69,79)(H2,65,67,71). The zero-order valence-electron chi connectivity index (χ0n) is 48.5. The Hall–Kier alpha value is -8.47. The van der Waals surface area contributed by atoms with E-state index in [4.69, 9.17) is 10.7 Å². The number of hydrogen-bond acceptors (Lipinski definition) is 16. The minimum atomic E-state index is -5.06. The molecule has 1 aliphatic rings. The summed E-state index contributed by atoms with van der Waals surface area (Å²) < 4.78 is 109. The summed E-state index contributed by atoms with van der Waals surface area (Å²) >= 11 is 1.37. The number of nitrogen functional groups attached to an aromatic ring is 1. The zero-order chi connectivity index (χ0) is 63.1. The molecule has 88 heavy (non-hydrogen) atoms. The van der Waals surface area contributed by atoms with Gasteiger partial charge in [-0.05, 0) is 74.1 Å². The number of carbonyl (C=O) groups is 6. The fraction of sp³-hybridized carbons (Fsp3) is 0.441. The van der Waals surface area contributed by atoms with E-state index in [1.807, 2.05) is 4.90 Å². The first-order valence-corrected chi connectivity index (χ1v) is 31.4. The predicted molar refractivity (Wildman–Crippen MR) is 320 cm³/mol. The molecule has 0 saturated carbocycles. The molecule has 0 unspecified atom stereocenters. The van der Waals surface area contributed by atoms with Crippen molar-refractivity contribution in [1.82, 2.24) is 55.4 Å². The molecular formula is C59H68F5N13O9S2. The van der Waals surface area contributed by atoms with Crippen molar-refractivity contribution < 1.29 is 63.9 Å².